The highest BCUT2D eigenvalue weighted by Crippen LogP contribution is 2.20. The number of aliphatic hydroxyl groups excluding tert-OH is 2. The molecule has 8 heteroatoms. The average molecular weight is 286 g/mol. The van der Waals surface area contributed by atoms with Crippen LogP contribution >= 0.6 is 11.6 Å². The number of aromatic nitrogens is 3. The van der Waals surface area contributed by atoms with E-state index in [-0.39, 0.29) is 17.3 Å². The minimum absolute atomic E-state index is 0.224. The van der Waals surface area contributed by atoms with Crippen molar-refractivity contribution in [1.82, 2.24) is 14.6 Å². The third-order valence-corrected chi connectivity index (χ3v) is 2.83. The number of imidazole rings is 1. The molecule has 0 aromatic carbocycles. The van der Waals surface area contributed by atoms with Crippen molar-refractivity contribution in [3.63, 3.8) is 0 Å². The Labute approximate surface area is 113 Å². The molecule has 2 rings (SSSR count). The molecule has 0 fully saturated rings. The number of aliphatic hydroxyl groups is 2. The molecule has 0 amide bonds. The highest BCUT2D eigenvalue weighted by Gasteiger charge is 2.25. The monoisotopic (exact) mass is 285 g/mol. The van der Waals surface area contributed by atoms with Crippen molar-refractivity contribution in [2.45, 2.75) is 18.6 Å². The van der Waals surface area contributed by atoms with Crippen LogP contribution in [0.15, 0.2) is 18.3 Å². The summed E-state index contributed by atoms with van der Waals surface area (Å²) in [4.78, 5) is 15.1. The Kier molecular flexibility index (Phi) is 3.98. The Morgan fingerprint density at radius 3 is 2.95 bits per heavy atom. The highest BCUT2D eigenvalue weighted by molar-refractivity contribution is 6.29. The van der Waals surface area contributed by atoms with E-state index in [0.717, 1.165) is 0 Å². The fourth-order valence-corrected chi connectivity index (χ4v) is 1.77. The molecule has 0 bridgehead atoms. The minimum atomic E-state index is -1.32. The van der Waals surface area contributed by atoms with Crippen molar-refractivity contribution in [3.8, 4) is 0 Å². The third kappa shape index (κ3) is 2.83. The number of halogens is 1. The summed E-state index contributed by atoms with van der Waals surface area (Å²) in [5.41, 5.74) is 0.720. The maximum atomic E-state index is 11.1. The average Bonchev–Trinajstić information content (AvgIpc) is 2.80. The molecule has 0 radical (unpaired) electrons. The van der Waals surface area contributed by atoms with Gasteiger partial charge in [0.05, 0.1) is 31.5 Å². The molecular formula is C11H12ClN3O4. The van der Waals surface area contributed by atoms with Crippen LogP contribution in [0.1, 0.15) is 18.2 Å². The molecule has 2 aromatic heterocycles. The minimum Gasteiger partial charge on any atom is -0.469 e. The van der Waals surface area contributed by atoms with Gasteiger partial charge in [-0.3, -0.25) is 4.79 Å². The third-order valence-electron chi connectivity index (χ3n) is 2.63. The Hall–Kier alpha value is -1.70. The van der Waals surface area contributed by atoms with Crippen LogP contribution in [-0.4, -0.2) is 44.0 Å². The van der Waals surface area contributed by atoms with E-state index in [1.54, 1.807) is 12.1 Å². The van der Waals surface area contributed by atoms with Crippen LogP contribution in [0.4, 0.5) is 0 Å². The normalized spacial score (nSPS) is 14.3. The SMILES string of the molecule is COC(=O)CC(O)C(O)c1cnc2ccc(Cl)nn12. The predicted octanol–water partition coefficient (Wildman–Crippen LogP) is 0.340. The number of fused-ring (bicyclic) bond motifs is 1. The van der Waals surface area contributed by atoms with E-state index in [1.807, 2.05) is 0 Å². The lowest BCUT2D eigenvalue weighted by Crippen LogP contribution is -2.24. The van der Waals surface area contributed by atoms with Gasteiger partial charge in [-0.05, 0) is 12.1 Å². The van der Waals surface area contributed by atoms with Gasteiger partial charge in [0, 0.05) is 0 Å². The van der Waals surface area contributed by atoms with Gasteiger partial charge >= 0.3 is 5.97 Å². The molecule has 0 saturated carbocycles. The first-order valence-electron chi connectivity index (χ1n) is 5.46. The molecule has 0 aliphatic carbocycles. The quantitative estimate of drug-likeness (QED) is 0.786. The molecule has 0 spiro atoms. The maximum absolute atomic E-state index is 11.1. The zero-order valence-corrected chi connectivity index (χ0v) is 10.8. The van der Waals surface area contributed by atoms with Gasteiger partial charge in [-0.15, -0.1) is 0 Å². The topological polar surface area (TPSA) is 97.0 Å². The second-order valence-corrected chi connectivity index (χ2v) is 4.29. The number of carbonyl (C=O) groups excluding carboxylic acids is 1. The van der Waals surface area contributed by atoms with Crippen LogP contribution in [0.3, 0.4) is 0 Å². The summed E-state index contributed by atoms with van der Waals surface area (Å²) in [6, 6.07) is 3.18. The second-order valence-electron chi connectivity index (χ2n) is 3.90. The Bertz CT molecular complexity index is 601. The van der Waals surface area contributed by atoms with E-state index in [0.29, 0.717) is 5.65 Å². The van der Waals surface area contributed by atoms with Gasteiger partial charge in [0.25, 0.3) is 0 Å². The van der Waals surface area contributed by atoms with Gasteiger partial charge in [0.15, 0.2) is 5.65 Å². The summed E-state index contributed by atoms with van der Waals surface area (Å²) in [5.74, 6) is -0.619. The van der Waals surface area contributed by atoms with Gasteiger partial charge in [0.1, 0.15) is 11.3 Å². The van der Waals surface area contributed by atoms with Crippen molar-refractivity contribution in [2.24, 2.45) is 0 Å². The smallest absolute Gasteiger partial charge is 0.308 e. The lowest BCUT2D eigenvalue weighted by molar-refractivity contribution is -0.144. The first-order valence-corrected chi connectivity index (χ1v) is 5.84. The molecule has 0 aliphatic heterocycles. The fraction of sp³-hybridized carbons (Fsp3) is 0.364. The molecular weight excluding hydrogens is 274 g/mol. The highest BCUT2D eigenvalue weighted by atomic mass is 35.5. The zero-order valence-electron chi connectivity index (χ0n) is 10.0. The maximum Gasteiger partial charge on any atom is 0.308 e. The number of rotatable bonds is 4. The van der Waals surface area contributed by atoms with Gasteiger partial charge < -0.3 is 14.9 Å². The van der Waals surface area contributed by atoms with E-state index in [2.05, 4.69) is 14.8 Å². The summed E-state index contributed by atoms with van der Waals surface area (Å²) in [7, 11) is 1.21. The van der Waals surface area contributed by atoms with E-state index < -0.39 is 18.2 Å². The van der Waals surface area contributed by atoms with Gasteiger partial charge in [-0.2, -0.15) is 5.10 Å². The number of methoxy groups -OCH3 is 1. The molecule has 2 atom stereocenters. The zero-order chi connectivity index (χ0) is 14.0. The first kappa shape index (κ1) is 13.7. The lowest BCUT2D eigenvalue weighted by atomic mass is 10.1. The molecule has 2 aromatic rings. The van der Waals surface area contributed by atoms with E-state index >= 15 is 0 Å². The fourth-order valence-electron chi connectivity index (χ4n) is 1.63. The van der Waals surface area contributed by atoms with Gasteiger partial charge in [-0.1, -0.05) is 11.6 Å². The first-order chi connectivity index (χ1) is 9.02. The lowest BCUT2D eigenvalue weighted by Gasteiger charge is -2.15. The van der Waals surface area contributed by atoms with Crippen LogP contribution in [0.5, 0.6) is 0 Å². The van der Waals surface area contributed by atoms with Crippen molar-refractivity contribution >= 4 is 23.2 Å². The summed E-state index contributed by atoms with van der Waals surface area (Å²) in [5, 5.41) is 24.0. The summed E-state index contributed by atoms with van der Waals surface area (Å²) in [6.45, 7) is 0. The summed E-state index contributed by atoms with van der Waals surface area (Å²) in [6.07, 6.45) is -1.59. The van der Waals surface area contributed by atoms with Crippen LogP contribution in [0.2, 0.25) is 5.15 Å². The van der Waals surface area contributed by atoms with Gasteiger partial charge in [-0.25, -0.2) is 9.50 Å². The van der Waals surface area contributed by atoms with Crippen molar-refractivity contribution < 1.29 is 19.7 Å². The van der Waals surface area contributed by atoms with Crippen LogP contribution in [-0.2, 0) is 9.53 Å². The number of hydrogen-bond donors (Lipinski definition) is 2. The van der Waals surface area contributed by atoms with Crippen molar-refractivity contribution in [1.29, 1.82) is 0 Å². The van der Waals surface area contributed by atoms with Crippen molar-refractivity contribution in [2.75, 3.05) is 7.11 Å². The molecule has 2 N–H and O–H groups in total. The summed E-state index contributed by atoms with van der Waals surface area (Å²) < 4.78 is 5.74. The van der Waals surface area contributed by atoms with E-state index in [1.165, 1.54) is 17.8 Å². The standard InChI is InChI=1S/C11H12ClN3O4/c1-19-10(17)4-7(16)11(18)6-5-13-9-3-2-8(12)14-15(6)9/h2-3,5,7,11,16,18H,4H2,1H3. The second kappa shape index (κ2) is 5.52. The molecule has 7 nitrogen and oxygen atoms in total. The number of carbonyl (C=O) groups is 1. The predicted molar refractivity (Wildman–Crippen MR) is 65.6 cm³/mol. The van der Waals surface area contributed by atoms with Crippen LogP contribution in [0.25, 0.3) is 5.65 Å². The Morgan fingerprint density at radius 2 is 2.26 bits per heavy atom. The van der Waals surface area contributed by atoms with E-state index in [4.69, 9.17) is 11.6 Å². The Balaban J connectivity index is 2.28. The van der Waals surface area contributed by atoms with Crippen LogP contribution in [0, 0.1) is 0 Å². The number of nitrogens with zero attached hydrogens (tertiary/aromatic N) is 3. The molecule has 19 heavy (non-hydrogen) atoms. The number of ether oxygens (including phenoxy) is 1. The molecule has 2 unspecified atom stereocenters. The van der Waals surface area contributed by atoms with Crippen molar-refractivity contribution in [3.05, 3.63) is 29.2 Å². The van der Waals surface area contributed by atoms with E-state index in [9.17, 15) is 15.0 Å². The number of hydrogen-bond acceptors (Lipinski definition) is 6. The largest absolute Gasteiger partial charge is 0.469 e. The van der Waals surface area contributed by atoms with Crippen LogP contribution < -0.4 is 0 Å². The number of esters is 1. The molecule has 0 saturated heterocycles. The summed E-state index contributed by atoms with van der Waals surface area (Å²) >= 11 is 5.76. The molecule has 2 heterocycles. The Morgan fingerprint density at radius 1 is 1.53 bits per heavy atom. The molecule has 102 valence electrons. The molecule has 0 aliphatic rings. The van der Waals surface area contributed by atoms with Gasteiger partial charge in [0.2, 0.25) is 0 Å².